The second-order valence-corrected chi connectivity index (χ2v) is 7.76. The molecule has 0 amide bonds. The summed E-state index contributed by atoms with van der Waals surface area (Å²) in [6.45, 7) is 4.61. The average Bonchev–Trinajstić information content (AvgIpc) is 2.51. The zero-order valence-electron chi connectivity index (χ0n) is 16.6. The van der Waals surface area contributed by atoms with Gasteiger partial charge in [0.15, 0.2) is 0 Å². The number of esters is 1. The highest BCUT2D eigenvalue weighted by atomic mass is 19.4. The Labute approximate surface area is 168 Å². The summed E-state index contributed by atoms with van der Waals surface area (Å²) in [5.41, 5.74) is -1.38. The normalized spacial score (nSPS) is 17.4. The standard InChI is InChI=1S/C16H19F13O2/c1-6-8(9(30)31-10(3,4)5)7(2)11(17,18)12(19,20)13(21,22)14(23,24)15(25,26)16(27,28)29/h7-8H,6H2,1-5H3. The monoisotopic (exact) mass is 490 g/mol. The molecule has 0 heterocycles. The lowest BCUT2D eigenvalue weighted by Crippen LogP contribution is -2.71. The number of hydrogen-bond donors (Lipinski definition) is 0. The van der Waals surface area contributed by atoms with Crippen LogP contribution >= 0.6 is 0 Å². The molecule has 0 saturated heterocycles. The molecule has 0 aromatic rings. The van der Waals surface area contributed by atoms with E-state index in [-0.39, 0.29) is 6.92 Å². The van der Waals surface area contributed by atoms with Crippen LogP contribution in [0.2, 0.25) is 0 Å². The molecule has 0 aliphatic heterocycles. The van der Waals surface area contributed by atoms with Gasteiger partial charge < -0.3 is 4.74 Å². The maximum Gasteiger partial charge on any atom is 0.460 e. The molecule has 0 aromatic heterocycles. The van der Waals surface area contributed by atoms with Crippen molar-refractivity contribution in [2.24, 2.45) is 11.8 Å². The summed E-state index contributed by atoms with van der Waals surface area (Å²) < 4.78 is 177. The summed E-state index contributed by atoms with van der Waals surface area (Å²) in [6, 6.07) is 0. The van der Waals surface area contributed by atoms with Gasteiger partial charge in [-0.3, -0.25) is 4.79 Å². The van der Waals surface area contributed by atoms with Crippen molar-refractivity contribution in [1.29, 1.82) is 0 Å². The summed E-state index contributed by atoms with van der Waals surface area (Å²) in [7, 11) is 0. The van der Waals surface area contributed by atoms with E-state index in [9.17, 15) is 61.9 Å². The summed E-state index contributed by atoms with van der Waals surface area (Å²) in [6.07, 6.45) is -8.25. The minimum Gasteiger partial charge on any atom is -0.460 e. The maximum absolute atomic E-state index is 14.2. The lowest BCUT2D eigenvalue weighted by molar-refractivity contribution is -0.443. The SMILES string of the molecule is CCC(C(=O)OC(C)(C)C)C(C)C(F)(F)C(F)(F)C(F)(F)C(F)(F)C(F)(F)C(F)(F)F. The van der Waals surface area contributed by atoms with E-state index in [0.29, 0.717) is 0 Å². The van der Waals surface area contributed by atoms with Crippen LogP contribution in [0.1, 0.15) is 41.0 Å². The van der Waals surface area contributed by atoms with Gasteiger partial charge in [-0.15, -0.1) is 0 Å². The van der Waals surface area contributed by atoms with E-state index in [1.165, 1.54) is 20.8 Å². The van der Waals surface area contributed by atoms with Gasteiger partial charge in [-0.2, -0.15) is 57.1 Å². The van der Waals surface area contributed by atoms with Crippen LogP contribution in [0.5, 0.6) is 0 Å². The molecule has 15 heteroatoms. The van der Waals surface area contributed by atoms with Gasteiger partial charge in [-0.25, -0.2) is 0 Å². The van der Waals surface area contributed by atoms with E-state index in [2.05, 4.69) is 4.74 Å². The van der Waals surface area contributed by atoms with Crippen molar-refractivity contribution >= 4 is 5.97 Å². The molecule has 0 N–H and O–H groups in total. The van der Waals surface area contributed by atoms with Crippen LogP contribution in [0.25, 0.3) is 0 Å². The molecule has 0 aliphatic rings. The number of carbonyl (C=O) groups excluding carboxylic acids is 1. The fraction of sp³-hybridized carbons (Fsp3) is 0.938. The van der Waals surface area contributed by atoms with Crippen LogP contribution in [-0.2, 0) is 9.53 Å². The van der Waals surface area contributed by atoms with Gasteiger partial charge in [0.05, 0.1) is 5.92 Å². The molecule has 31 heavy (non-hydrogen) atoms. The van der Waals surface area contributed by atoms with Crippen molar-refractivity contribution in [3.8, 4) is 0 Å². The topological polar surface area (TPSA) is 26.3 Å². The molecule has 0 spiro atoms. The van der Waals surface area contributed by atoms with Gasteiger partial charge in [0.25, 0.3) is 0 Å². The molecule has 0 saturated carbocycles. The van der Waals surface area contributed by atoms with E-state index < -0.39 is 65.6 Å². The third kappa shape index (κ3) is 4.83. The summed E-state index contributed by atoms with van der Waals surface area (Å²) in [5.74, 6) is -44.6. The van der Waals surface area contributed by atoms with Crippen LogP contribution < -0.4 is 0 Å². The van der Waals surface area contributed by atoms with Gasteiger partial charge in [0.1, 0.15) is 5.60 Å². The lowest BCUT2D eigenvalue weighted by atomic mass is 9.80. The Morgan fingerprint density at radius 1 is 0.710 bits per heavy atom. The van der Waals surface area contributed by atoms with E-state index >= 15 is 0 Å². The first kappa shape index (κ1) is 29.6. The Balaban J connectivity index is 6.40. The molecule has 2 nitrogen and oxygen atoms in total. The maximum atomic E-state index is 14.2. The van der Waals surface area contributed by atoms with Crippen LogP contribution in [0.4, 0.5) is 57.1 Å². The molecule has 0 radical (unpaired) electrons. The Kier molecular flexibility index (Phi) is 7.78. The van der Waals surface area contributed by atoms with E-state index in [4.69, 9.17) is 0 Å². The van der Waals surface area contributed by atoms with Gasteiger partial charge in [0.2, 0.25) is 0 Å². The van der Waals surface area contributed by atoms with Gasteiger partial charge >= 0.3 is 41.8 Å². The fourth-order valence-corrected chi connectivity index (χ4v) is 2.42. The molecule has 0 fully saturated rings. The molecule has 0 rings (SSSR count). The van der Waals surface area contributed by atoms with E-state index in [1.54, 1.807) is 0 Å². The molecular weight excluding hydrogens is 471 g/mol. The third-order valence-corrected chi connectivity index (χ3v) is 4.28. The Hall–Kier alpha value is -1.44. The molecule has 0 aliphatic carbocycles. The van der Waals surface area contributed by atoms with Crippen LogP contribution in [0.15, 0.2) is 0 Å². The average molecular weight is 490 g/mol. The second-order valence-electron chi connectivity index (χ2n) is 7.76. The van der Waals surface area contributed by atoms with Crippen molar-refractivity contribution in [2.45, 2.75) is 82.4 Å². The number of rotatable bonds is 8. The van der Waals surface area contributed by atoms with E-state index in [1.807, 2.05) is 0 Å². The van der Waals surface area contributed by atoms with Crippen LogP contribution in [-0.4, -0.2) is 47.4 Å². The predicted octanol–water partition coefficient (Wildman–Crippen LogP) is 6.73. The van der Waals surface area contributed by atoms with Crippen LogP contribution in [0.3, 0.4) is 0 Å². The number of hydrogen-bond acceptors (Lipinski definition) is 2. The highest BCUT2D eigenvalue weighted by molar-refractivity contribution is 5.73. The molecule has 2 unspecified atom stereocenters. The van der Waals surface area contributed by atoms with Crippen molar-refractivity contribution < 1.29 is 66.6 Å². The van der Waals surface area contributed by atoms with Gasteiger partial charge in [-0.1, -0.05) is 13.8 Å². The van der Waals surface area contributed by atoms with Crippen molar-refractivity contribution in [3.63, 3.8) is 0 Å². The second kappa shape index (κ2) is 8.16. The number of ether oxygens (including phenoxy) is 1. The zero-order chi connectivity index (χ0) is 25.6. The number of halogens is 13. The minimum atomic E-state index is -7.97. The van der Waals surface area contributed by atoms with Crippen molar-refractivity contribution in [3.05, 3.63) is 0 Å². The summed E-state index contributed by atoms with van der Waals surface area (Å²) >= 11 is 0. The highest BCUT2D eigenvalue weighted by Gasteiger charge is 2.91. The minimum absolute atomic E-state index is 0.0438. The highest BCUT2D eigenvalue weighted by Crippen LogP contribution is 2.61. The quantitative estimate of drug-likeness (QED) is 0.279. The Morgan fingerprint density at radius 3 is 1.35 bits per heavy atom. The fourth-order valence-electron chi connectivity index (χ4n) is 2.42. The lowest BCUT2D eigenvalue weighted by Gasteiger charge is -2.42. The van der Waals surface area contributed by atoms with Crippen LogP contribution in [0, 0.1) is 11.8 Å². The van der Waals surface area contributed by atoms with Gasteiger partial charge in [-0.05, 0) is 27.2 Å². The predicted molar refractivity (Wildman–Crippen MR) is 79.6 cm³/mol. The zero-order valence-corrected chi connectivity index (χ0v) is 16.6. The molecule has 186 valence electrons. The smallest absolute Gasteiger partial charge is 0.460 e. The number of alkyl halides is 13. The molecular formula is C16H19F13O2. The first-order valence-corrected chi connectivity index (χ1v) is 8.42. The summed E-state index contributed by atoms with van der Waals surface area (Å²) in [4.78, 5) is 11.9. The summed E-state index contributed by atoms with van der Waals surface area (Å²) in [5, 5.41) is 0. The van der Waals surface area contributed by atoms with E-state index in [0.717, 1.165) is 6.92 Å². The van der Waals surface area contributed by atoms with Gasteiger partial charge in [0, 0.05) is 5.92 Å². The number of carbonyl (C=O) groups is 1. The molecule has 2 atom stereocenters. The van der Waals surface area contributed by atoms with Crippen molar-refractivity contribution in [2.75, 3.05) is 0 Å². The molecule has 0 aromatic carbocycles. The first-order valence-electron chi connectivity index (χ1n) is 8.42. The third-order valence-electron chi connectivity index (χ3n) is 4.28. The van der Waals surface area contributed by atoms with Crippen molar-refractivity contribution in [1.82, 2.24) is 0 Å². The first-order chi connectivity index (χ1) is 13.2. The largest absolute Gasteiger partial charge is 0.460 e. The Bertz CT molecular complexity index is 647. The Morgan fingerprint density at radius 2 is 1.06 bits per heavy atom. The molecule has 0 bridgehead atoms.